The van der Waals surface area contributed by atoms with Gasteiger partial charge in [0.25, 0.3) is 0 Å². The summed E-state index contributed by atoms with van der Waals surface area (Å²) >= 11 is 0. The van der Waals surface area contributed by atoms with Gasteiger partial charge in [0.05, 0.1) is 5.41 Å². The van der Waals surface area contributed by atoms with Gasteiger partial charge in [-0.1, -0.05) is 214 Å². The third-order valence-electron chi connectivity index (χ3n) is 23.0. The Bertz CT molecular complexity index is 3810. The van der Waals surface area contributed by atoms with Gasteiger partial charge in [-0.2, -0.15) is 0 Å². The summed E-state index contributed by atoms with van der Waals surface area (Å²) in [6.07, 6.45) is 26.6. The summed E-state index contributed by atoms with van der Waals surface area (Å²) in [4.78, 5) is 5.13. The van der Waals surface area contributed by atoms with Crippen molar-refractivity contribution in [2.24, 2.45) is 0 Å². The van der Waals surface area contributed by atoms with Gasteiger partial charge >= 0.3 is 0 Å². The van der Waals surface area contributed by atoms with E-state index in [-0.39, 0.29) is 11.8 Å². The largest absolute Gasteiger partial charge is 0.310 e. The fraction of sp³-hybridized carbons (Fsp3) is 0.356. The van der Waals surface area contributed by atoms with Crippen LogP contribution in [0.5, 0.6) is 0 Å². The van der Waals surface area contributed by atoms with E-state index in [1.807, 2.05) is 0 Å². The lowest BCUT2D eigenvalue weighted by Gasteiger charge is -2.34. The van der Waals surface area contributed by atoms with Crippen molar-refractivity contribution in [2.75, 3.05) is 9.80 Å². The van der Waals surface area contributed by atoms with Gasteiger partial charge in [-0.25, -0.2) is 0 Å². The predicted octanol–water partition coefficient (Wildman–Crippen LogP) is 25.7. The summed E-state index contributed by atoms with van der Waals surface area (Å²) in [5, 5.41) is 5.41. The van der Waals surface area contributed by atoms with E-state index in [1.54, 1.807) is 0 Å². The Labute approximate surface area is 531 Å². The molecule has 6 aliphatic rings. The minimum Gasteiger partial charge on any atom is -0.310 e. The standard InChI is InChI=1S/C87H90N2/c1-57(2)77-55-81-82-56-78(58(3)4)80-54-72(89(69-45-37-65(38-46-69)61-25-13-7-14-26-61)70-47-39-66(40-48-70)62-27-15-8-16-28-62)50-52-76(80)86(82)87(83-31-19-17-29-73(83)74-30-18-20-32-84(74)87)85(81)75-51-49-71(53-79(75)77)88(67-41-33-63(34-42-67)59-21-9-5-10-22-59)68-43-35-64(36-44-68)60-23-11-6-12-24-60/h17-20,29-62H,5-16,21-28H2,1-4H3. The van der Waals surface area contributed by atoms with E-state index in [0.29, 0.717) is 23.7 Å². The molecule has 2 heteroatoms. The van der Waals surface area contributed by atoms with Crippen molar-refractivity contribution in [3.63, 3.8) is 0 Å². The zero-order valence-electron chi connectivity index (χ0n) is 53.5. The summed E-state index contributed by atoms with van der Waals surface area (Å²) in [5.41, 5.74) is 26.7. The number of nitrogens with zero attached hydrogens (tertiary/aromatic N) is 2. The average molecular weight is 1160 g/mol. The molecule has 0 aliphatic heterocycles. The molecule has 448 valence electrons. The van der Waals surface area contributed by atoms with Gasteiger partial charge in [0.1, 0.15) is 0 Å². The molecule has 89 heavy (non-hydrogen) atoms. The van der Waals surface area contributed by atoms with E-state index in [2.05, 4.69) is 232 Å². The highest BCUT2D eigenvalue weighted by Gasteiger charge is 2.54. The van der Waals surface area contributed by atoms with Crippen molar-refractivity contribution < 1.29 is 0 Å². The number of benzene rings is 10. The van der Waals surface area contributed by atoms with Crippen LogP contribution in [0.4, 0.5) is 34.1 Å². The van der Waals surface area contributed by atoms with E-state index < -0.39 is 5.41 Å². The number of hydrogen-bond acceptors (Lipinski definition) is 2. The third-order valence-corrected chi connectivity index (χ3v) is 23.0. The molecule has 0 heterocycles. The van der Waals surface area contributed by atoms with Crippen LogP contribution in [0.25, 0.3) is 43.8 Å². The van der Waals surface area contributed by atoms with Crippen molar-refractivity contribution in [1.82, 2.24) is 0 Å². The SMILES string of the molecule is CC(C)c1cc2c(c3ccc(N(c4ccc(C5CCCCC5)cc4)c4ccc(C5CCCCC5)cc4)cc13)C1(c3ccccc3-c3ccccc31)c1c-2cc(C(C)C)c2cc(N(c3ccc(C4CCCCC4)cc3)c3ccc(C4CCCCC4)cc3)ccc12. The van der Waals surface area contributed by atoms with Gasteiger partial charge in [0.2, 0.25) is 0 Å². The smallest absolute Gasteiger partial charge is 0.0737 e. The second kappa shape index (κ2) is 23.6. The van der Waals surface area contributed by atoms with Crippen molar-refractivity contribution in [2.45, 2.75) is 197 Å². The third kappa shape index (κ3) is 9.79. The van der Waals surface area contributed by atoms with E-state index in [1.165, 1.54) is 262 Å². The molecule has 0 atom stereocenters. The molecule has 0 unspecified atom stereocenters. The highest BCUT2D eigenvalue weighted by Crippen LogP contribution is 2.67. The number of hydrogen-bond donors (Lipinski definition) is 0. The number of anilines is 6. The molecule has 0 bridgehead atoms. The number of rotatable bonds is 12. The fourth-order valence-corrected chi connectivity index (χ4v) is 18.5. The maximum Gasteiger partial charge on any atom is 0.0737 e. The molecule has 2 nitrogen and oxygen atoms in total. The summed E-state index contributed by atoms with van der Waals surface area (Å²) in [5.74, 6) is 3.21. The molecular weight excluding hydrogens is 1070 g/mol. The normalized spacial score (nSPS) is 17.8. The highest BCUT2D eigenvalue weighted by atomic mass is 15.1. The fourth-order valence-electron chi connectivity index (χ4n) is 18.5. The second-order valence-electron chi connectivity index (χ2n) is 28.8. The molecular formula is C87H90N2. The lowest BCUT2D eigenvalue weighted by Crippen LogP contribution is -2.27. The Morgan fingerprint density at radius 3 is 0.854 bits per heavy atom. The molecule has 0 N–H and O–H groups in total. The Kier molecular flexibility index (Phi) is 15.0. The first kappa shape index (κ1) is 56.5. The maximum absolute atomic E-state index is 2.66. The first-order chi connectivity index (χ1) is 43.8. The minimum atomic E-state index is -0.574. The minimum absolute atomic E-state index is 0.284. The summed E-state index contributed by atoms with van der Waals surface area (Å²) in [6.45, 7) is 9.69. The van der Waals surface area contributed by atoms with Crippen LogP contribution in [0.3, 0.4) is 0 Å². The van der Waals surface area contributed by atoms with E-state index in [0.717, 1.165) is 0 Å². The first-order valence-corrected chi connectivity index (χ1v) is 35.2. The van der Waals surface area contributed by atoms with Gasteiger partial charge in [-0.05, 0) is 271 Å². The molecule has 1 spiro atoms. The maximum atomic E-state index is 2.66. The van der Waals surface area contributed by atoms with Crippen LogP contribution in [0.1, 0.15) is 247 Å². The van der Waals surface area contributed by atoms with E-state index in [9.17, 15) is 0 Å². The van der Waals surface area contributed by atoms with Crippen molar-refractivity contribution in [3.05, 3.63) is 250 Å². The van der Waals surface area contributed by atoms with Crippen LogP contribution in [0.15, 0.2) is 194 Å². The van der Waals surface area contributed by atoms with Gasteiger partial charge in [0, 0.05) is 34.1 Å². The predicted molar refractivity (Wildman–Crippen MR) is 379 cm³/mol. The quantitative estimate of drug-likeness (QED) is 0.120. The van der Waals surface area contributed by atoms with Crippen molar-refractivity contribution >= 4 is 55.7 Å². The average Bonchev–Trinajstić information content (AvgIpc) is 1.50. The molecule has 0 radical (unpaired) electrons. The molecule has 10 aromatic rings. The molecule has 6 aliphatic carbocycles. The molecule has 0 saturated heterocycles. The van der Waals surface area contributed by atoms with Crippen LogP contribution in [-0.2, 0) is 5.41 Å². The Morgan fingerprint density at radius 2 is 0.562 bits per heavy atom. The number of fused-ring (bicyclic) bond motifs is 14. The molecule has 10 aromatic carbocycles. The lowest BCUT2D eigenvalue weighted by molar-refractivity contribution is 0.443. The zero-order chi connectivity index (χ0) is 59.7. The van der Waals surface area contributed by atoms with Crippen LogP contribution in [-0.4, -0.2) is 0 Å². The van der Waals surface area contributed by atoms with Gasteiger partial charge < -0.3 is 9.80 Å². The molecule has 4 fully saturated rings. The van der Waals surface area contributed by atoms with Gasteiger partial charge in [-0.15, -0.1) is 0 Å². The van der Waals surface area contributed by atoms with Crippen molar-refractivity contribution in [3.8, 4) is 22.3 Å². The first-order valence-electron chi connectivity index (χ1n) is 35.2. The Hall–Kier alpha value is -7.68. The van der Waals surface area contributed by atoms with Crippen LogP contribution >= 0.6 is 0 Å². The monoisotopic (exact) mass is 1160 g/mol. The van der Waals surface area contributed by atoms with Crippen LogP contribution < -0.4 is 9.80 Å². The zero-order valence-corrected chi connectivity index (χ0v) is 53.5. The van der Waals surface area contributed by atoms with Crippen LogP contribution in [0.2, 0.25) is 0 Å². The molecule has 0 amide bonds. The van der Waals surface area contributed by atoms with Gasteiger partial charge in [-0.3, -0.25) is 0 Å². The molecule has 0 aromatic heterocycles. The summed E-state index contributed by atoms with van der Waals surface area (Å²) < 4.78 is 0. The highest BCUT2D eigenvalue weighted by molar-refractivity contribution is 6.11. The Morgan fingerprint density at radius 1 is 0.281 bits per heavy atom. The lowest BCUT2D eigenvalue weighted by atomic mass is 9.67. The van der Waals surface area contributed by atoms with E-state index >= 15 is 0 Å². The summed E-state index contributed by atoms with van der Waals surface area (Å²) in [6, 6.07) is 78.5. The summed E-state index contributed by atoms with van der Waals surface area (Å²) in [7, 11) is 0. The second-order valence-corrected chi connectivity index (χ2v) is 28.8. The van der Waals surface area contributed by atoms with Gasteiger partial charge in [0.15, 0.2) is 0 Å². The molecule has 4 saturated carbocycles. The van der Waals surface area contributed by atoms with E-state index in [4.69, 9.17) is 0 Å². The topological polar surface area (TPSA) is 6.48 Å². The molecule has 16 rings (SSSR count). The van der Waals surface area contributed by atoms with Crippen molar-refractivity contribution in [1.29, 1.82) is 0 Å². The van der Waals surface area contributed by atoms with Crippen LogP contribution in [0, 0.1) is 0 Å². The Balaban J connectivity index is 0.897.